The van der Waals surface area contributed by atoms with Gasteiger partial charge in [-0.3, -0.25) is 14.9 Å². The number of nitrogens with zero attached hydrogens (tertiary/aromatic N) is 6. The summed E-state index contributed by atoms with van der Waals surface area (Å²) in [7, 11) is 0. The van der Waals surface area contributed by atoms with E-state index in [0.29, 0.717) is 46.3 Å². The zero-order chi connectivity index (χ0) is 23.7. The summed E-state index contributed by atoms with van der Waals surface area (Å²) in [5, 5.41) is 10.7. The number of piperidine rings is 1. The maximum atomic E-state index is 12.5. The zero-order valence-corrected chi connectivity index (χ0v) is 19.0. The van der Waals surface area contributed by atoms with Gasteiger partial charge in [-0.15, -0.1) is 11.3 Å². The van der Waals surface area contributed by atoms with Crippen molar-refractivity contribution < 1.29 is 9.59 Å². The molecule has 1 aromatic carbocycles. The molecule has 5 rings (SSSR count). The van der Waals surface area contributed by atoms with E-state index in [1.165, 1.54) is 23.7 Å². The maximum Gasteiger partial charge on any atom is 0.257 e. The standard InChI is InChI=1S/C23H22N8O2S/c1-2-17(32)30-10-7-16(8-11-30)31-21-18(20(24)26-13-27-21)19(29-31)14-3-5-15(6-4-14)22(33)28-23-25-9-12-34-23/h2-6,9,12-13,16H,1,7-8,10-11H2,(H2,24,26,27)(H,25,28,33). The van der Waals surface area contributed by atoms with E-state index in [1.54, 1.807) is 28.6 Å². The number of carbonyl (C=O) groups is 2. The predicted octanol–water partition coefficient (Wildman–Crippen LogP) is 3.13. The molecule has 2 amide bonds. The van der Waals surface area contributed by atoms with Gasteiger partial charge in [-0.25, -0.2) is 19.6 Å². The molecule has 4 aromatic rings. The molecule has 3 aromatic heterocycles. The summed E-state index contributed by atoms with van der Waals surface area (Å²) in [5.74, 6) is 0.0479. The Labute approximate surface area is 199 Å². The highest BCUT2D eigenvalue weighted by Gasteiger charge is 2.27. The lowest BCUT2D eigenvalue weighted by molar-refractivity contribution is -0.127. The third kappa shape index (κ3) is 4.01. The van der Waals surface area contributed by atoms with Crippen LogP contribution in [-0.2, 0) is 4.79 Å². The molecule has 172 valence electrons. The summed E-state index contributed by atoms with van der Waals surface area (Å²) in [6.07, 6.45) is 5.90. The van der Waals surface area contributed by atoms with Crippen LogP contribution in [0.25, 0.3) is 22.3 Å². The van der Waals surface area contributed by atoms with Gasteiger partial charge in [0, 0.05) is 35.8 Å². The highest BCUT2D eigenvalue weighted by molar-refractivity contribution is 7.13. The monoisotopic (exact) mass is 474 g/mol. The van der Waals surface area contributed by atoms with Gasteiger partial charge in [0.15, 0.2) is 10.8 Å². The number of likely N-dealkylation sites (tertiary alicyclic amines) is 1. The molecule has 1 fully saturated rings. The van der Waals surface area contributed by atoms with Crippen LogP contribution in [-0.4, -0.2) is 54.5 Å². The van der Waals surface area contributed by atoms with E-state index in [1.807, 2.05) is 16.8 Å². The molecule has 0 unspecified atom stereocenters. The molecule has 1 aliphatic rings. The molecule has 3 N–H and O–H groups in total. The van der Waals surface area contributed by atoms with E-state index in [4.69, 9.17) is 10.8 Å². The number of benzene rings is 1. The molecular weight excluding hydrogens is 452 g/mol. The smallest absolute Gasteiger partial charge is 0.257 e. The number of nitrogen functional groups attached to an aromatic ring is 1. The summed E-state index contributed by atoms with van der Waals surface area (Å²) in [4.78, 5) is 38.9. The quantitative estimate of drug-likeness (QED) is 0.425. The van der Waals surface area contributed by atoms with Crippen LogP contribution in [0.15, 0.2) is 54.8 Å². The van der Waals surface area contributed by atoms with E-state index >= 15 is 0 Å². The predicted molar refractivity (Wildman–Crippen MR) is 130 cm³/mol. The number of amides is 2. The van der Waals surface area contributed by atoms with E-state index < -0.39 is 0 Å². The summed E-state index contributed by atoms with van der Waals surface area (Å²) in [5.41, 5.74) is 8.85. The number of nitrogens with two attached hydrogens (primary N) is 1. The van der Waals surface area contributed by atoms with Gasteiger partial charge in [-0.1, -0.05) is 18.7 Å². The lowest BCUT2D eigenvalue weighted by atomic mass is 10.0. The highest BCUT2D eigenvalue weighted by Crippen LogP contribution is 2.34. The first-order valence-corrected chi connectivity index (χ1v) is 11.6. The first kappa shape index (κ1) is 21.7. The Balaban J connectivity index is 1.44. The van der Waals surface area contributed by atoms with Gasteiger partial charge in [-0.2, -0.15) is 5.10 Å². The lowest BCUT2D eigenvalue weighted by Crippen LogP contribution is -2.38. The molecule has 1 saturated heterocycles. The number of fused-ring (bicyclic) bond motifs is 1. The first-order chi connectivity index (χ1) is 16.5. The van der Waals surface area contributed by atoms with Gasteiger partial charge >= 0.3 is 0 Å². The van der Waals surface area contributed by atoms with Crippen LogP contribution in [0.3, 0.4) is 0 Å². The molecule has 0 bridgehead atoms. The maximum absolute atomic E-state index is 12.5. The number of hydrogen-bond donors (Lipinski definition) is 2. The fourth-order valence-corrected chi connectivity index (χ4v) is 4.67. The first-order valence-electron chi connectivity index (χ1n) is 10.8. The second-order valence-corrected chi connectivity index (χ2v) is 8.77. The summed E-state index contributed by atoms with van der Waals surface area (Å²) in [6.45, 7) is 4.81. The van der Waals surface area contributed by atoms with Gasteiger partial charge in [0.2, 0.25) is 5.91 Å². The summed E-state index contributed by atoms with van der Waals surface area (Å²) >= 11 is 1.36. The van der Waals surface area contributed by atoms with Crippen molar-refractivity contribution in [1.82, 2.24) is 29.6 Å². The van der Waals surface area contributed by atoms with Gasteiger partial charge < -0.3 is 10.6 Å². The zero-order valence-electron chi connectivity index (χ0n) is 18.2. The number of carbonyl (C=O) groups excluding carboxylic acids is 2. The topological polar surface area (TPSA) is 132 Å². The second kappa shape index (κ2) is 9.02. The van der Waals surface area contributed by atoms with Crippen LogP contribution >= 0.6 is 11.3 Å². The largest absolute Gasteiger partial charge is 0.383 e. The minimum atomic E-state index is -0.236. The average molecular weight is 475 g/mol. The van der Waals surface area contributed by atoms with E-state index in [-0.39, 0.29) is 17.9 Å². The van der Waals surface area contributed by atoms with Gasteiger partial charge in [0.1, 0.15) is 17.8 Å². The molecule has 0 radical (unpaired) electrons. The van der Waals surface area contributed by atoms with E-state index in [9.17, 15) is 9.59 Å². The average Bonchev–Trinajstić information content (AvgIpc) is 3.52. The minimum Gasteiger partial charge on any atom is -0.383 e. The fourth-order valence-electron chi connectivity index (χ4n) is 4.15. The SMILES string of the molecule is C=CC(=O)N1CCC(n2nc(-c3ccc(C(=O)Nc4nccs4)cc3)c3c(N)ncnc32)CC1. The van der Waals surface area contributed by atoms with E-state index in [0.717, 1.165) is 18.4 Å². The molecule has 0 spiro atoms. The Bertz CT molecular complexity index is 1360. The molecule has 0 aliphatic carbocycles. The van der Waals surface area contributed by atoms with Crippen molar-refractivity contribution in [3.63, 3.8) is 0 Å². The Morgan fingerprint density at radius 3 is 2.59 bits per heavy atom. The Hall–Kier alpha value is -4.12. The molecule has 34 heavy (non-hydrogen) atoms. The van der Waals surface area contributed by atoms with Crippen LogP contribution in [0.1, 0.15) is 29.2 Å². The number of thiazole rings is 1. The molecule has 0 atom stereocenters. The number of aromatic nitrogens is 5. The van der Waals surface area contributed by atoms with E-state index in [2.05, 4.69) is 26.8 Å². The lowest BCUT2D eigenvalue weighted by Gasteiger charge is -2.31. The second-order valence-electron chi connectivity index (χ2n) is 7.88. The van der Waals surface area contributed by atoms with Crippen LogP contribution in [0.4, 0.5) is 10.9 Å². The minimum absolute atomic E-state index is 0.0602. The Morgan fingerprint density at radius 1 is 1.15 bits per heavy atom. The summed E-state index contributed by atoms with van der Waals surface area (Å²) < 4.78 is 1.89. The van der Waals surface area contributed by atoms with Gasteiger partial charge in [-0.05, 0) is 31.1 Å². The Kier molecular flexibility index (Phi) is 5.76. The van der Waals surface area contributed by atoms with Crippen molar-refractivity contribution in [2.24, 2.45) is 0 Å². The number of anilines is 2. The number of rotatable bonds is 5. The van der Waals surface area contributed by atoms with Crippen LogP contribution in [0, 0.1) is 0 Å². The molecule has 11 heteroatoms. The summed E-state index contributed by atoms with van der Waals surface area (Å²) in [6, 6.07) is 7.22. The fraction of sp³-hybridized carbons (Fsp3) is 0.217. The molecular formula is C23H22N8O2S. The third-order valence-electron chi connectivity index (χ3n) is 5.89. The molecule has 1 aliphatic heterocycles. The van der Waals surface area contributed by atoms with Crippen molar-refractivity contribution in [1.29, 1.82) is 0 Å². The van der Waals surface area contributed by atoms with Crippen molar-refractivity contribution >= 4 is 45.1 Å². The molecule has 10 nitrogen and oxygen atoms in total. The Morgan fingerprint density at radius 2 is 1.91 bits per heavy atom. The third-order valence-corrected chi connectivity index (χ3v) is 6.58. The van der Waals surface area contributed by atoms with Gasteiger partial charge in [0.25, 0.3) is 5.91 Å². The van der Waals surface area contributed by atoms with Crippen molar-refractivity contribution in [3.8, 4) is 11.3 Å². The van der Waals surface area contributed by atoms with Crippen LogP contribution in [0.5, 0.6) is 0 Å². The van der Waals surface area contributed by atoms with Crippen molar-refractivity contribution in [3.05, 3.63) is 60.4 Å². The van der Waals surface area contributed by atoms with Crippen LogP contribution in [0.2, 0.25) is 0 Å². The van der Waals surface area contributed by atoms with Crippen molar-refractivity contribution in [2.75, 3.05) is 24.1 Å². The highest BCUT2D eigenvalue weighted by atomic mass is 32.1. The number of hydrogen-bond acceptors (Lipinski definition) is 8. The van der Waals surface area contributed by atoms with Gasteiger partial charge in [0.05, 0.1) is 11.4 Å². The molecule has 4 heterocycles. The number of nitrogens with one attached hydrogen (secondary N) is 1. The van der Waals surface area contributed by atoms with Crippen molar-refractivity contribution in [2.45, 2.75) is 18.9 Å². The normalized spacial score (nSPS) is 14.3. The van der Waals surface area contributed by atoms with Crippen LogP contribution < -0.4 is 11.1 Å². The molecule has 0 saturated carbocycles.